The van der Waals surface area contributed by atoms with Crippen LogP contribution < -0.4 is 4.72 Å². The molecule has 21 heavy (non-hydrogen) atoms. The number of anilines is 1. The number of hydrogen-bond donors (Lipinski definition) is 1. The van der Waals surface area contributed by atoms with Gasteiger partial charge in [-0.2, -0.15) is 5.26 Å². The number of rotatable bonds is 4. The minimum absolute atomic E-state index is 0.117. The van der Waals surface area contributed by atoms with Crippen LogP contribution in [0.5, 0.6) is 0 Å². The molecule has 0 aliphatic rings. The molecule has 0 saturated heterocycles. The zero-order valence-electron chi connectivity index (χ0n) is 10.1. The van der Waals surface area contributed by atoms with Gasteiger partial charge in [0.2, 0.25) is 0 Å². The first-order valence-electron chi connectivity index (χ1n) is 5.30. The van der Waals surface area contributed by atoms with E-state index in [9.17, 15) is 18.5 Å². The normalized spacial score (nSPS) is 10.9. The molecule has 7 nitrogen and oxygen atoms in total. The van der Waals surface area contributed by atoms with Crippen LogP contribution in [0.3, 0.4) is 0 Å². The SMILES string of the molecule is N#Cc1ccc(S(=O)(=O)Nc2cc(Cl)ccc2[N+](=O)[O-])s1. The van der Waals surface area contributed by atoms with E-state index in [0.717, 1.165) is 23.5 Å². The van der Waals surface area contributed by atoms with Crippen LogP contribution >= 0.6 is 22.9 Å². The van der Waals surface area contributed by atoms with Crippen LogP contribution in [0, 0.1) is 21.4 Å². The summed E-state index contributed by atoms with van der Waals surface area (Å²) in [6.45, 7) is 0. The monoisotopic (exact) mass is 343 g/mol. The van der Waals surface area contributed by atoms with Crippen molar-refractivity contribution in [2.75, 3.05) is 4.72 Å². The van der Waals surface area contributed by atoms with Crippen LogP contribution in [0.25, 0.3) is 0 Å². The van der Waals surface area contributed by atoms with Gasteiger partial charge in [0, 0.05) is 11.1 Å². The molecule has 1 heterocycles. The van der Waals surface area contributed by atoms with Gasteiger partial charge in [0.1, 0.15) is 20.8 Å². The second-order valence-corrected chi connectivity index (χ2v) is 7.18. The quantitative estimate of drug-likeness (QED) is 0.677. The Kier molecular flexibility index (Phi) is 4.13. The van der Waals surface area contributed by atoms with Crippen molar-refractivity contribution in [2.24, 2.45) is 0 Å². The molecule has 0 unspecified atom stereocenters. The molecule has 1 aromatic heterocycles. The molecule has 0 bridgehead atoms. The number of halogens is 1. The smallest absolute Gasteiger partial charge is 0.272 e. The van der Waals surface area contributed by atoms with E-state index in [1.807, 2.05) is 6.07 Å². The fraction of sp³-hybridized carbons (Fsp3) is 0. The van der Waals surface area contributed by atoms with Gasteiger partial charge in [-0.25, -0.2) is 8.42 Å². The van der Waals surface area contributed by atoms with Gasteiger partial charge in [-0.15, -0.1) is 11.3 Å². The molecule has 0 saturated carbocycles. The minimum atomic E-state index is -4.02. The molecule has 0 amide bonds. The summed E-state index contributed by atoms with van der Waals surface area (Å²) in [7, 11) is -4.02. The van der Waals surface area contributed by atoms with Crippen LogP contribution in [0.15, 0.2) is 34.5 Å². The highest BCUT2D eigenvalue weighted by atomic mass is 35.5. The number of benzene rings is 1. The molecule has 0 radical (unpaired) electrons. The van der Waals surface area contributed by atoms with E-state index >= 15 is 0 Å². The lowest BCUT2D eigenvalue weighted by Crippen LogP contribution is -2.12. The minimum Gasteiger partial charge on any atom is -0.272 e. The van der Waals surface area contributed by atoms with E-state index in [0.29, 0.717) is 0 Å². The van der Waals surface area contributed by atoms with Gasteiger partial charge in [0.25, 0.3) is 15.7 Å². The van der Waals surface area contributed by atoms with E-state index in [-0.39, 0.29) is 19.8 Å². The topological polar surface area (TPSA) is 113 Å². The Morgan fingerprint density at radius 2 is 2.05 bits per heavy atom. The lowest BCUT2D eigenvalue weighted by atomic mass is 10.3. The van der Waals surface area contributed by atoms with Crippen molar-refractivity contribution in [3.05, 3.63) is 50.3 Å². The molecule has 10 heteroatoms. The molecular formula is C11H6ClN3O4S2. The third-order valence-corrected chi connectivity index (χ3v) is 5.44. The van der Waals surface area contributed by atoms with Crippen molar-refractivity contribution < 1.29 is 13.3 Å². The summed E-state index contributed by atoms with van der Waals surface area (Å²) in [6, 6.07) is 7.97. The molecule has 0 atom stereocenters. The molecule has 0 fully saturated rings. The fourth-order valence-corrected chi connectivity index (χ4v) is 3.81. The van der Waals surface area contributed by atoms with Crippen molar-refractivity contribution in [3.8, 4) is 6.07 Å². The molecule has 0 aliphatic heterocycles. The van der Waals surface area contributed by atoms with Gasteiger partial charge in [0.15, 0.2) is 0 Å². The van der Waals surface area contributed by atoms with Gasteiger partial charge < -0.3 is 0 Å². The first-order chi connectivity index (χ1) is 9.83. The molecule has 2 rings (SSSR count). The summed E-state index contributed by atoms with van der Waals surface area (Å²) in [5, 5.41) is 19.7. The third kappa shape index (κ3) is 3.30. The van der Waals surface area contributed by atoms with Crippen molar-refractivity contribution >= 4 is 44.3 Å². The highest BCUT2D eigenvalue weighted by Gasteiger charge is 2.22. The maximum atomic E-state index is 12.1. The molecule has 2 aromatic rings. The summed E-state index contributed by atoms with van der Waals surface area (Å²) >= 11 is 6.49. The van der Waals surface area contributed by atoms with E-state index in [2.05, 4.69) is 4.72 Å². The second-order valence-electron chi connectivity index (χ2n) is 3.75. The average Bonchev–Trinajstić information content (AvgIpc) is 2.87. The summed E-state index contributed by atoms with van der Waals surface area (Å²) in [4.78, 5) is 10.4. The van der Waals surface area contributed by atoms with Crippen molar-refractivity contribution in [1.82, 2.24) is 0 Å². The number of nitriles is 1. The number of nitro benzene ring substituents is 1. The first-order valence-corrected chi connectivity index (χ1v) is 7.98. The zero-order chi connectivity index (χ0) is 15.6. The van der Waals surface area contributed by atoms with Crippen LogP contribution in [0.1, 0.15) is 4.88 Å². The van der Waals surface area contributed by atoms with Crippen molar-refractivity contribution in [3.63, 3.8) is 0 Å². The van der Waals surface area contributed by atoms with E-state index < -0.39 is 20.6 Å². The highest BCUT2D eigenvalue weighted by Crippen LogP contribution is 2.31. The lowest BCUT2D eigenvalue weighted by molar-refractivity contribution is -0.383. The van der Waals surface area contributed by atoms with Crippen LogP contribution in [-0.2, 0) is 10.0 Å². The van der Waals surface area contributed by atoms with Crippen LogP contribution in [0.4, 0.5) is 11.4 Å². The Morgan fingerprint density at radius 1 is 1.33 bits per heavy atom. The summed E-state index contributed by atoms with van der Waals surface area (Å²) in [6.07, 6.45) is 0. The Balaban J connectivity index is 2.43. The van der Waals surface area contributed by atoms with Crippen LogP contribution in [-0.4, -0.2) is 13.3 Å². The molecular weight excluding hydrogens is 338 g/mol. The Morgan fingerprint density at radius 3 is 2.62 bits per heavy atom. The molecule has 108 valence electrons. The number of thiophene rings is 1. The van der Waals surface area contributed by atoms with Gasteiger partial charge in [-0.05, 0) is 24.3 Å². The summed E-state index contributed by atoms with van der Waals surface area (Å²) in [5.41, 5.74) is -0.653. The predicted octanol–water partition coefficient (Wildman–Crippen LogP) is 2.98. The second kappa shape index (κ2) is 5.69. The third-order valence-electron chi connectivity index (χ3n) is 2.36. The van der Waals surface area contributed by atoms with Gasteiger partial charge in [0.05, 0.1) is 4.92 Å². The summed E-state index contributed by atoms with van der Waals surface area (Å²) < 4.78 is 26.3. The maximum absolute atomic E-state index is 12.1. The molecule has 0 aliphatic carbocycles. The van der Waals surface area contributed by atoms with Crippen LogP contribution in [0.2, 0.25) is 5.02 Å². The van der Waals surface area contributed by atoms with E-state index in [1.165, 1.54) is 18.2 Å². The maximum Gasteiger partial charge on any atom is 0.293 e. The highest BCUT2D eigenvalue weighted by molar-refractivity contribution is 7.94. The van der Waals surface area contributed by atoms with E-state index in [1.54, 1.807) is 0 Å². The largest absolute Gasteiger partial charge is 0.293 e. The number of nitrogens with zero attached hydrogens (tertiary/aromatic N) is 2. The number of sulfonamides is 1. The number of nitrogens with one attached hydrogen (secondary N) is 1. The zero-order valence-corrected chi connectivity index (χ0v) is 12.5. The first kappa shape index (κ1) is 15.2. The Labute approximate surface area is 128 Å². The van der Waals surface area contributed by atoms with Gasteiger partial charge in [-0.1, -0.05) is 11.6 Å². The van der Waals surface area contributed by atoms with Gasteiger partial charge >= 0.3 is 0 Å². The molecule has 0 spiro atoms. The van der Waals surface area contributed by atoms with E-state index in [4.69, 9.17) is 16.9 Å². The molecule has 1 aromatic carbocycles. The average molecular weight is 344 g/mol. The lowest BCUT2D eigenvalue weighted by Gasteiger charge is -2.07. The van der Waals surface area contributed by atoms with Crippen molar-refractivity contribution in [1.29, 1.82) is 5.26 Å². The standard InChI is InChI=1S/C11H6ClN3O4S2/c12-7-1-3-10(15(16)17)9(5-7)14-21(18,19)11-4-2-8(6-13)20-11/h1-5,14H. The van der Waals surface area contributed by atoms with Crippen molar-refractivity contribution in [2.45, 2.75) is 4.21 Å². The Hall–Kier alpha value is -2.15. The fourth-order valence-electron chi connectivity index (χ4n) is 1.47. The predicted molar refractivity (Wildman–Crippen MR) is 77.9 cm³/mol. The van der Waals surface area contributed by atoms with Gasteiger partial charge in [-0.3, -0.25) is 14.8 Å². The summed E-state index contributed by atoms with van der Waals surface area (Å²) in [5.74, 6) is 0. The number of nitro groups is 1. The number of hydrogen-bond acceptors (Lipinski definition) is 6. The molecule has 1 N–H and O–H groups in total. The Bertz CT molecular complexity index is 855.